The fourth-order valence-corrected chi connectivity index (χ4v) is 4.18. The molecule has 3 aromatic rings. The van der Waals surface area contributed by atoms with Crippen molar-refractivity contribution in [1.82, 2.24) is 9.88 Å². The van der Waals surface area contributed by atoms with Gasteiger partial charge in [-0.2, -0.15) is 5.26 Å². The lowest BCUT2D eigenvalue weighted by Crippen LogP contribution is -2.49. The highest BCUT2D eigenvalue weighted by atomic mass is 16.5. The predicted molar refractivity (Wildman–Crippen MR) is 120 cm³/mol. The van der Waals surface area contributed by atoms with Crippen LogP contribution >= 0.6 is 0 Å². The van der Waals surface area contributed by atoms with Crippen LogP contribution in [0.2, 0.25) is 0 Å². The molecule has 2 aromatic carbocycles. The summed E-state index contributed by atoms with van der Waals surface area (Å²) in [6.45, 7) is 4.02. The van der Waals surface area contributed by atoms with Gasteiger partial charge in [0.2, 0.25) is 0 Å². The Balaban J connectivity index is 1.52. The molecule has 1 aliphatic rings. The zero-order valence-electron chi connectivity index (χ0n) is 17.7. The summed E-state index contributed by atoms with van der Waals surface area (Å²) in [6.07, 6.45) is 1.74. The molecule has 1 aliphatic heterocycles. The molecule has 0 amide bonds. The summed E-state index contributed by atoms with van der Waals surface area (Å²) in [5, 5.41) is 19.6. The number of rotatable bonds is 7. The van der Waals surface area contributed by atoms with E-state index in [0.29, 0.717) is 43.1 Å². The molecular weight excluding hydrogens is 408 g/mol. The number of hydrogen-bond acceptors (Lipinski definition) is 6. The first-order chi connectivity index (χ1) is 15.5. The van der Waals surface area contributed by atoms with Crippen LogP contribution in [0.15, 0.2) is 48.7 Å². The highest BCUT2D eigenvalue weighted by molar-refractivity contribution is 5.94. The van der Waals surface area contributed by atoms with E-state index in [2.05, 4.69) is 9.88 Å². The summed E-state index contributed by atoms with van der Waals surface area (Å²) in [4.78, 5) is 31.1. The first kappa shape index (κ1) is 21.4. The van der Waals surface area contributed by atoms with Crippen molar-refractivity contribution in [2.24, 2.45) is 0 Å². The minimum absolute atomic E-state index is 0.0329. The number of benzene rings is 2. The fourth-order valence-electron chi connectivity index (χ4n) is 4.18. The molecule has 8 heteroatoms. The fraction of sp³-hybridized carbons (Fsp3) is 0.292. The molecule has 32 heavy (non-hydrogen) atoms. The predicted octanol–water partition coefficient (Wildman–Crippen LogP) is 3.22. The van der Waals surface area contributed by atoms with Gasteiger partial charge < -0.3 is 19.7 Å². The Morgan fingerprint density at radius 3 is 2.50 bits per heavy atom. The number of Topliss-reactive ketones (excluding diaryl/α,β-unsaturated/α-hetero) is 1. The van der Waals surface area contributed by atoms with Crippen molar-refractivity contribution in [3.05, 3.63) is 59.8 Å². The number of nitrogens with one attached hydrogen (secondary N) is 1. The second-order valence-corrected chi connectivity index (χ2v) is 7.77. The van der Waals surface area contributed by atoms with Crippen molar-refractivity contribution in [3.63, 3.8) is 0 Å². The molecule has 4 rings (SSSR count). The maximum absolute atomic E-state index is 12.3. The second kappa shape index (κ2) is 9.12. The molecule has 0 unspecified atom stereocenters. The van der Waals surface area contributed by atoms with Crippen LogP contribution < -0.4 is 9.64 Å². The highest BCUT2D eigenvalue weighted by Crippen LogP contribution is 2.32. The number of nitrogens with zero attached hydrogens (tertiary/aromatic N) is 3. The van der Waals surface area contributed by atoms with E-state index >= 15 is 0 Å². The summed E-state index contributed by atoms with van der Waals surface area (Å²) in [7, 11) is 0. The van der Waals surface area contributed by atoms with Crippen molar-refractivity contribution in [3.8, 4) is 11.8 Å². The number of aromatic nitrogens is 1. The van der Waals surface area contributed by atoms with Crippen LogP contribution in [0.1, 0.15) is 28.9 Å². The van der Waals surface area contributed by atoms with Crippen LogP contribution in [0, 0.1) is 11.3 Å². The number of carbonyl (C=O) groups is 2. The lowest BCUT2D eigenvalue weighted by Gasteiger charge is -2.38. The Bertz CT molecular complexity index is 1170. The second-order valence-electron chi connectivity index (χ2n) is 7.77. The molecule has 8 nitrogen and oxygen atoms in total. The quantitative estimate of drug-likeness (QED) is 0.552. The van der Waals surface area contributed by atoms with Gasteiger partial charge in [-0.3, -0.25) is 14.5 Å². The molecular formula is C24H24N4O4. The maximum atomic E-state index is 12.3. The number of aromatic amines is 1. The van der Waals surface area contributed by atoms with Gasteiger partial charge >= 0.3 is 5.97 Å². The van der Waals surface area contributed by atoms with Gasteiger partial charge in [-0.25, -0.2) is 0 Å². The van der Waals surface area contributed by atoms with Crippen LogP contribution in [0.3, 0.4) is 0 Å². The minimum Gasteiger partial charge on any atom is -0.480 e. The van der Waals surface area contributed by atoms with E-state index < -0.39 is 12.0 Å². The van der Waals surface area contributed by atoms with E-state index in [-0.39, 0.29) is 12.4 Å². The normalized spacial score (nSPS) is 15.3. The van der Waals surface area contributed by atoms with Crippen molar-refractivity contribution in [2.75, 3.05) is 37.7 Å². The number of ketones is 1. The molecule has 2 heterocycles. The third-order valence-electron chi connectivity index (χ3n) is 5.84. The Morgan fingerprint density at radius 1 is 1.16 bits per heavy atom. The van der Waals surface area contributed by atoms with Gasteiger partial charge in [0.25, 0.3) is 0 Å². The Morgan fingerprint density at radius 2 is 1.88 bits per heavy atom. The first-order valence-corrected chi connectivity index (χ1v) is 10.4. The molecule has 0 bridgehead atoms. The number of piperazine rings is 1. The largest absolute Gasteiger partial charge is 0.480 e. The van der Waals surface area contributed by atoms with Crippen molar-refractivity contribution < 1.29 is 19.4 Å². The van der Waals surface area contributed by atoms with Crippen LogP contribution in [0.5, 0.6) is 5.75 Å². The van der Waals surface area contributed by atoms with E-state index in [1.165, 1.54) is 0 Å². The van der Waals surface area contributed by atoms with E-state index in [0.717, 1.165) is 16.6 Å². The Labute approximate surface area is 185 Å². The molecule has 1 fully saturated rings. The molecule has 0 spiro atoms. The zero-order valence-corrected chi connectivity index (χ0v) is 17.7. The molecule has 1 atom stereocenters. The first-order valence-electron chi connectivity index (χ1n) is 10.4. The van der Waals surface area contributed by atoms with Crippen molar-refractivity contribution in [1.29, 1.82) is 5.26 Å². The number of fused-ring (bicyclic) bond motifs is 1. The lowest BCUT2D eigenvalue weighted by molar-refractivity contribution is -0.143. The molecule has 0 aliphatic carbocycles. The molecule has 0 radical (unpaired) electrons. The van der Waals surface area contributed by atoms with Crippen LogP contribution in [-0.2, 0) is 4.79 Å². The van der Waals surface area contributed by atoms with Gasteiger partial charge in [0, 0.05) is 60.1 Å². The van der Waals surface area contributed by atoms with E-state index in [4.69, 9.17) is 10.00 Å². The standard InChI is InChI=1S/C24H24N4O4/c1-16(29)17-2-4-18(5-3-17)27-9-11-28(12-10-27)23(24(30)31)21-15-26-22-7-6-19(14-20(21)22)32-13-8-25/h2-7,14-15,23,26H,9-13H2,1H3,(H,30,31)/t23-/m0/s1. The summed E-state index contributed by atoms with van der Waals surface area (Å²) in [6, 6.07) is 14.0. The van der Waals surface area contributed by atoms with Gasteiger partial charge in [0.15, 0.2) is 12.4 Å². The monoisotopic (exact) mass is 432 g/mol. The van der Waals surface area contributed by atoms with E-state index in [9.17, 15) is 14.7 Å². The molecule has 1 saturated heterocycles. The number of carboxylic acid groups (broad SMARTS) is 1. The number of anilines is 1. The summed E-state index contributed by atoms with van der Waals surface area (Å²) < 4.78 is 5.40. The maximum Gasteiger partial charge on any atom is 0.325 e. The highest BCUT2D eigenvalue weighted by Gasteiger charge is 2.32. The SMILES string of the molecule is CC(=O)c1ccc(N2CCN([C@H](C(=O)O)c3c[nH]c4ccc(OCC#N)cc34)CC2)cc1. The smallest absolute Gasteiger partial charge is 0.325 e. The molecule has 0 saturated carbocycles. The average molecular weight is 432 g/mol. The zero-order chi connectivity index (χ0) is 22.7. The topological polar surface area (TPSA) is 110 Å². The third kappa shape index (κ3) is 4.29. The summed E-state index contributed by atoms with van der Waals surface area (Å²) >= 11 is 0. The van der Waals surface area contributed by atoms with Crippen LogP contribution in [-0.4, -0.2) is 59.5 Å². The van der Waals surface area contributed by atoms with Crippen molar-refractivity contribution >= 4 is 28.3 Å². The van der Waals surface area contributed by atoms with Gasteiger partial charge in [-0.15, -0.1) is 0 Å². The number of hydrogen-bond donors (Lipinski definition) is 2. The minimum atomic E-state index is -0.909. The van der Waals surface area contributed by atoms with E-state index in [1.807, 2.05) is 41.3 Å². The lowest BCUT2D eigenvalue weighted by atomic mass is 10.0. The number of carboxylic acids is 1. The van der Waals surface area contributed by atoms with Gasteiger partial charge in [0.05, 0.1) is 0 Å². The molecule has 1 aromatic heterocycles. The van der Waals surface area contributed by atoms with Crippen LogP contribution in [0.25, 0.3) is 10.9 Å². The Hall–Kier alpha value is -3.83. The van der Waals surface area contributed by atoms with Gasteiger partial charge in [0.1, 0.15) is 17.9 Å². The third-order valence-corrected chi connectivity index (χ3v) is 5.84. The van der Waals surface area contributed by atoms with Gasteiger partial charge in [-0.05, 0) is 49.4 Å². The number of aliphatic carboxylic acids is 1. The molecule has 2 N–H and O–H groups in total. The Kier molecular flexibility index (Phi) is 6.10. The number of ether oxygens (including phenoxy) is 1. The number of H-pyrrole nitrogens is 1. The average Bonchev–Trinajstić information content (AvgIpc) is 3.21. The van der Waals surface area contributed by atoms with Crippen LogP contribution in [0.4, 0.5) is 5.69 Å². The number of nitriles is 1. The number of carbonyl (C=O) groups excluding carboxylic acids is 1. The summed E-state index contributed by atoms with van der Waals surface area (Å²) in [5.74, 6) is -0.345. The van der Waals surface area contributed by atoms with Crippen molar-refractivity contribution in [2.45, 2.75) is 13.0 Å². The van der Waals surface area contributed by atoms with E-state index in [1.54, 1.807) is 25.3 Å². The summed E-state index contributed by atoms with van der Waals surface area (Å²) in [5.41, 5.74) is 3.19. The van der Waals surface area contributed by atoms with Gasteiger partial charge in [-0.1, -0.05) is 0 Å². The molecule has 164 valence electrons.